The van der Waals surface area contributed by atoms with Crippen LogP contribution in [0.4, 0.5) is 11.4 Å². The van der Waals surface area contributed by atoms with Crippen molar-refractivity contribution >= 4 is 39.7 Å². The number of hydrogen-bond acceptors (Lipinski definition) is 4. The predicted octanol–water partition coefficient (Wildman–Crippen LogP) is 2.18. The molecule has 7 heteroatoms. The number of carbonyl (C=O) groups excluding carboxylic acids is 1. The fourth-order valence-electron chi connectivity index (χ4n) is 2.14. The zero-order valence-electron chi connectivity index (χ0n) is 11.6. The van der Waals surface area contributed by atoms with Crippen LogP contribution in [0.5, 0.6) is 0 Å². The van der Waals surface area contributed by atoms with Crippen molar-refractivity contribution in [2.24, 2.45) is 0 Å². The van der Waals surface area contributed by atoms with Gasteiger partial charge in [0.1, 0.15) is 0 Å². The topological polar surface area (TPSA) is 81.4 Å². The summed E-state index contributed by atoms with van der Waals surface area (Å²) in [6, 6.07) is 4.92. The van der Waals surface area contributed by atoms with Crippen molar-refractivity contribution in [2.45, 2.75) is 24.5 Å². The average Bonchev–Trinajstić information content (AvgIpc) is 2.49. The summed E-state index contributed by atoms with van der Waals surface area (Å²) in [5.41, 5.74) is 6.69. The summed E-state index contributed by atoms with van der Waals surface area (Å²) in [5, 5.41) is 3.33. The lowest BCUT2D eigenvalue weighted by Gasteiger charge is -2.21. The highest BCUT2D eigenvalue weighted by Crippen LogP contribution is 2.22. The second-order valence-corrected chi connectivity index (χ2v) is 7.17. The van der Waals surface area contributed by atoms with E-state index in [1.165, 1.54) is 0 Å². The van der Waals surface area contributed by atoms with Crippen LogP contribution in [0.1, 0.15) is 19.3 Å². The maximum absolute atomic E-state index is 12.1. The highest BCUT2D eigenvalue weighted by molar-refractivity contribution is 7.85. The fourth-order valence-corrected chi connectivity index (χ4v) is 3.70. The minimum atomic E-state index is -0.980. The molecule has 0 radical (unpaired) electrons. The van der Waals surface area contributed by atoms with Crippen molar-refractivity contribution in [2.75, 3.05) is 30.0 Å². The SMILES string of the molecule is Nc1cc(NC(=O)CCS(=O)C2CCOCC2)ccc1Cl. The first-order valence-electron chi connectivity index (χ1n) is 6.86. The Morgan fingerprint density at radius 3 is 2.81 bits per heavy atom. The van der Waals surface area contributed by atoms with Crippen molar-refractivity contribution in [3.63, 3.8) is 0 Å². The largest absolute Gasteiger partial charge is 0.397 e. The number of nitrogens with two attached hydrogens (primary N) is 1. The van der Waals surface area contributed by atoms with Crippen LogP contribution in [-0.4, -0.2) is 34.3 Å². The molecule has 2 rings (SSSR count). The van der Waals surface area contributed by atoms with Crippen LogP contribution in [0.15, 0.2) is 18.2 Å². The molecule has 0 aromatic heterocycles. The maximum Gasteiger partial charge on any atom is 0.225 e. The summed E-state index contributed by atoms with van der Waals surface area (Å²) >= 11 is 5.82. The summed E-state index contributed by atoms with van der Waals surface area (Å²) < 4.78 is 17.3. The molecule has 0 saturated carbocycles. The normalized spacial score (nSPS) is 17.4. The highest BCUT2D eigenvalue weighted by atomic mass is 35.5. The zero-order chi connectivity index (χ0) is 15.2. The smallest absolute Gasteiger partial charge is 0.225 e. The Labute approximate surface area is 131 Å². The number of amides is 1. The maximum atomic E-state index is 12.1. The molecule has 1 aliphatic rings. The van der Waals surface area contributed by atoms with Crippen LogP contribution in [0.3, 0.4) is 0 Å². The molecule has 1 amide bonds. The molecule has 1 aromatic carbocycles. The Hall–Kier alpha value is -1.11. The molecule has 1 unspecified atom stereocenters. The van der Waals surface area contributed by atoms with Gasteiger partial charge in [-0.2, -0.15) is 0 Å². The molecule has 1 fully saturated rings. The number of hydrogen-bond donors (Lipinski definition) is 2. The average molecular weight is 331 g/mol. The second kappa shape index (κ2) is 7.77. The first-order chi connectivity index (χ1) is 10.1. The van der Waals surface area contributed by atoms with Gasteiger partial charge >= 0.3 is 0 Å². The second-order valence-electron chi connectivity index (χ2n) is 4.93. The van der Waals surface area contributed by atoms with Gasteiger partial charge in [0.25, 0.3) is 0 Å². The first kappa shape index (κ1) is 16.3. The minimum Gasteiger partial charge on any atom is -0.397 e. The van der Waals surface area contributed by atoms with E-state index >= 15 is 0 Å². The number of halogens is 1. The van der Waals surface area contributed by atoms with Gasteiger partial charge in [-0.1, -0.05) is 11.6 Å². The summed E-state index contributed by atoms with van der Waals surface area (Å²) in [6.07, 6.45) is 1.84. The Morgan fingerprint density at radius 1 is 1.43 bits per heavy atom. The molecule has 1 atom stereocenters. The van der Waals surface area contributed by atoms with Gasteiger partial charge < -0.3 is 15.8 Å². The van der Waals surface area contributed by atoms with E-state index in [-0.39, 0.29) is 17.6 Å². The molecule has 5 nitrogen and oxygen atoms in total. The van der Waals surface area contributed by atoms with E-state index < -0.39 is 10.8 Å². The number of nitrogen functional groups attached to an aromatic ring is 1. The van der Waals surface area contributed by atoms with E-state index in [9.17, 15) is 9.00 Å². The highest BCUT2D eigenvalue weighted by Gasteiger charge is 2.20. The van der Waals surface area contributed by atoms with E-state index in [2.05, 4.69) is 5.32 Å². The number of nitrogens with one attached hydrogen (secondary N) is 1. The number of anilines is 2. The molecular formula is C14H19ClN2O3S. The first-order valence-corrected chi connectivity index (χ1v) is 8.62. The molecule has 1 aliphatic heterocycles. The van der Waals surface area contributed by atoms with Crippen LogP contribution in [0.2, 0.25) is 5.02 Å². The quantitative estimate of drug-likeness (QED) is 0.811. The van der Waals surface area contributed by atoms with Crippen molar-refractivity contribution in [3.05, 3.63) is 23.2 Å². The summed E-state index contributed by atoms with van der Waals surface area (Å²) in [6.45, 7) is 1.32. The van der Waals surface area contributed by atoms with Crippen LogP contribution in [0, 0.1) is 0 Å². The molecule has 3 N–H and O–H groups in total. The van der Waals surface area contributed by atoms with Gasteiger partial charge in [-0.05, 0) is 31.0 Å². The van der Waals surface area contributed by atoms with Gasteiger partial charge in [-0.15, -0.1) is 0 Å². The lowest BCUT2D eigenvalue weighted by atomic mass is 10.2. The van der Waals surface area contributed by atoms with Gasteiger partial charge in [0.2, 0.25) is 5.91 Å². The molecule has 1 aromatic rings. The Balaban J connectivity index is 1.78. The zero-order valence-corrected chi connectivity index (χ0v) is 13.2. The molecule has 0 bridgehead atoms. The van der Waals surface area contributed by atoms with Gasteiger partial charge in [-0.25, -0.2) is 0 Å². The van der Waals surface area contributed by atoms with Crippen molar-refractivity contribution < 1.29 is 13.7 Å². The fraction of sp³-hybridized carbons (Fsp3) is 0.500. The van der Waals surface area contributed by atoms with E-state index in [0.29, 0.717) is 35.4 Å². The number of benzene rings is 1. The van der Waals surface area contributed by atoms with E-state index in [0.717, 1.165) is 12.8 Å². The van der Waals surface area contributed by atoms with E-state index in [4.69, 9.17) is 22.1 Å². The third kappa shape index (κ3) is 4.98. The number of rotatable bonds is 5. The molecule has 21 heavy (non-hydrogen) atoms. The Bertz CT molecular complexity index is 533. The molecular weight excluding hydrogens is 312 g/mol. The Kier molecular flexibility index (Phi) is 6.02. The third-order valence-corrected chi connectivity index (χ3v) is 5.52. The molecule has 116 valence electrons. The van der Waals surface area contributed by atoms with Crippen molar-refractivity contribution in [3.8, 4) is 0 Å². The van der Waals surface area contributed by atoms with Crippen LogP contribution in [-0.2, 0) is 20.3 Å². The van der Waals surface area contributed by atoms with E-state index in [1.807, 2.05) is 0 Å². The summed E-state index contributed by atoms with van der Waals surface area (Å²) in [7, 11) is -0.980. The lowest BCUT2D eigenvalue weighted by Crippen LogP contribution is -2.27. The van der Waals surface area contributed by atoms with Gasteiger partial charge in [0.15, 0.2) is 0 Å². The molecule has 1 saturated heterocycles. The van der Waals surface area contributed by atoms with Crippen LogP contribution >= 0.6 is 11.6 Å². The van der Waals surface area contributed by atoms with Crippen LogP contribution < -0.4 is 11.1 Å². The molecule has 1 heterocycles. The van der Waals surface area contributed by atoms with Crippen molar-refractivity contribution in [1.29, 1.82) is 0 Å². The van der Waals surface area contributed by atoms with Gasteiger partial charge in [-0.3, -0.25) is 9.00 Å². The summed E-state index contributed by atoms with van der Waals surface area (Å²) in [5.74, 6) is 0.205. The number of ether oxygens (including phenoxy) is 1. The molecule has 0 spiro atoms. The molecule has 0 aliphatic carbocycles. The predicted molar refractivity (Wildman–Crippen MR) is 86.0 cm³/mol. The third-order valence-electron chi connectivity index (χ3n) is 3.35. The van der Waals surface area contributed by atoms with Gasteiger partial charge in [0.05, 0.1) is 10.7 Å². The Morgan fingerprint density at radius 2 is 2.14 bits per heavy atom. The monoisotopic (exact) mass is 330 g/mol. The minimum absolute atomic E-state index is 0.151. The van der Waals surface area contributed by atoms with Gasteiger partial charge in [0, 0.05) is 47.1 Å². The van der Waals surface area contributed by atoms with Crippen LogP contribution in [0.25, 0.3) is 0 Å². The van der Waals surface area contributed by atoms with E-state index in [1.54, 1.807) is 18.2 Å². The summed E-state index contributed by atoms with van der Waals surface area (Å²) in [4.78, 5) is 11.9. The standard InChI is InChI=1S/C14H19ClN2O3S/c15-12-2-1-10(9-13(12)16)17-14(18)5-8-21(19)11-3-6-20-7-4-11/h1-2,9,11H,3-8,16H2,(H,17,18). The van der Waals surface area contributed by atoms with Crippen molar-refractivity contribution in [1.82, 2.24) is 0 Å². The lowest BCUT2D eigenvalue weighted by molar-refractivity contribution is -0.115. The number of carbonyl (C=O) groups is 1.